The number of nitrogens with zero attached hydrogens (tertiary/aromatic N) is 1. The predicted octanol–water partition coefficient (Wildman–Crippen LogP) is 4.32. The van der Waals surface area contributed by atoms with Gasteiger partial charge in [0.1, 0.15) is 6.26 Å². The fraction of sp³-hybridized carbons (Fsp3) is 0.444. The maximum atomic E-state index is 13.6. The minimum absolute atomic E-state index is 0.0855. The Morgan fingerprint density at radius 2 is 1.64 bits per heavy atom. The summed E-state index contributed by atoms with van der Waals surface area (Å²) in [6, 6.07) is 2.98. The van der Waals surface area contributed by atoms with Crippen molar-refractivity contribution in [3.8, 4) is 0 Å². The Morgan fingerprint density at radius 1 is 1.06 bits per heavy atom. The molecule has 1 aromatic heterocycles. The maximum Gasteiger partial charge on any atom is 0.439 e. The molecule has 0 spiro atoms. The lowest BCUT2D eigenvalue weighted by Crippen LogP contribution is -2.72. The summed E-state index contributed by atoms with van der Waals surface area (Å²) in [5.41, 5.74) is -5.19. The molecule has 184 valence electrons. The Kier molecular flexibility index (Phi) is 7.56. The quantitative estimate of drug-likeness (QED) is 0.348. The van der Waals surface area contributed by atoms with Crippen molar-refractivity contribution in [1.82, 2.24) is 10.5 Å². The molecule has 0 radical (unpaired) electrons. The van der Waals surface area contributed by atoms with Gasteiger partial charge >= 0.3 is 18.0 Å². The Hall–Kier alpha value is -2.97. The first-order valence-corrected chi connectivity index (χ1v) is 10.9. The molecule has 2 aromatic rings. The molecule has 0 aliphatic carbocycles. The van der Waals surface area contributed by atoms with Gasteiger partial charge < -0.3 is 15.2 Å². The van der Waals surface area contributed by atoms with E-state index in [2.05, 4.69) is 14.4 Å². The van der Waals surface area contributed by atoms with E-state index in [1.54, 1.807) is 6.92 Å². The van der Waals surface area contributed by atoms with Gasteiger partial charge in [-0.05, 0) is 37.6 Å². The number of hydrogen-bond acceptors (Lipinski definition) is 6. The lowest BCUT2D eigenvalue weighted by molar-refractivity contribution is -0.296. The standard InChI is InChI=1S/C18H20F6N4O4S/c1-3-4-5-14(29)26-16(17(19,20)21,18(22,23)24)25-12-6-8-13(9-7-12)33(30,31)28-15-11(2)10-32-27-15/h6-10,25H,3-5H2,1-2H3,(H,26,29)(H,27,28). The topological polar surface area (TPSA) is 113 Å². The number of amides is 1. The van der Waals surface area contributed by atoms with Crippen molar-refractivity contribution in [2.24, 2.45) is 0 Å². The van der Waals surface area contributed by atoms with Crippen molar-refractivity contribution in [2.45, 2.75) is 56.0 Å². The van der Waals surface area contributed by atoms with E-state index >= 15 is 0 Å². The number of aromatic nitrogens is 1. The predicted molar refractivity (Wildman–Crippen MR) is 105 cm³/mol. The fourth-order valence-corrected chi connectivity index (χ4v) is 3.65. The number of hydrogen-bond donors (Lipinski definition) is 3. The van der Waals surface area contributed by atoms with Crippen molar-refractivity contribution in [3.63, 3.8) is 0 Å². The molecule has 0 atom stereocenters. The second kappa shape index (κ2) is 9.49. The molecule has 0 aliphatic heterocycles. The van der Waals surface area contributed by atoms with Crippen LogP contribution in [0.1, 0.15) is 31.7 Å². The van der Waals surface area contributed by atoms with E-state index < -0.39 is 50.9 Å². The van der Waals surface area contributed by atoms with Crippen LogP contribution in [0.25, 0.3) is 0 Å². The van der Waals surface area contributed by atoms with Gasteiger partial charge in [0.15, 0.2) is 5.82 Å². The molecule has 0 bridgehead atoms. The van der Waals surface area contributed by atoms with E-state index in [1.165, 1.54) is 12.2 Å². The van der Waals surface area contributed by atoms with Gasteiger partial charge in [-0.2, -0.15) is 26.3 Å². The van der Waals surface area contributed by atoms with E-state index in [-0.39, 0.29) is 12.2 Å². The van der Waals surface area contributed by atoms with Crippen LogP contribution in [0.5, 0.6) is 0 Å². The van der Waals surface area contributed by atoms with Gasteiger partial charge in [-0.1, -0.05) is 18.5 Å². The van der Waals surface area contributed by atoms with Gasteiger partial charge in [0.05, 0.1) is 4.90 Å². The molecule has 0 aliphatic rings. The van der Waals surface area contributed by atoms with Crippen LogP contribution in [-0.2, 0) is 14.8 Å². The number of anilines is 2. The zero-order valence-corrected chi connectivity index (χ0v) is 18.1. The Balaban J connectivity index is 2.36. The maximum absolute atomic E-state index is 13.6. The minimum Gasteiger partial charge on any atom is -0.362 e. The van der Waals surface area contributed by atoms with E-state index in [0.717, 1.165) is 23.7 Å². The molecule has 33 heavy (non-hydrogen) atoms. The smallest absolute Gasteiger partial charge is 0.362 e. The highest BCUT2D eigenvalue weighted by Crippen LogP contribution is 2.43. The highest BCUT2D eigenvalue weighted by atomic mass is 32.2. The van der Waals surface area contributed by atoms with Crippen LogP contribution in [0.4, 0.5) is 37.8 Å². The summed E-state index contributed by atoms with van der Waals surface area (Å²) >= 11 is 0. The molecule has 2 rings (SSSR count). The van der Waals surface area contributed by atoms with Crippen molar-refractivity contribution in [2.75, 3.05) is 10.0 Å². The summed E-state index contributed by atoms with van der Waals surface area (Å²) in [6.45, 7) is 3.10. The first kappa shape index (κ1) is 26.3. The molecule has 0 saturated carbocycles. The molecular formula is C18H20F6N4O4S. The molecule has 0 saturated heterocycles. The third-order valence-corrected chi connectivity index (χ3v) is 5.76. The molecular weight excluding hydrogens is 482 g/mol. The lowest BCUT2D eigenvalue weighted by Gasteiger charge is -2.39. The van der Waals surface area contributed by atoms with Crippen LogP contribution in [-0.4, -0.2) is 37.5 Å². The van der Waals surface area contributed by atoms with Gasteiger partial charge in [-0.15, -0.1) is 0 Å². The van der Waals surface area contributed by atoms with Crippen molar-refractivity contribution in [3.05, 3.63) is 36.1 Å². The molecule has 1 aromatic carbocycles. The lowest BCUT2D eigenvalue weighted by atomic mass is 10.1. The molecule has 0 fully saturated rings. The third kappa shape index (κ3) is 5.89. The minimum atomic E-state index is -5.98. The number of aryl methyl sites for hydroxylation is 1. The van der Waals surface area contributed by atoms with Crippen LogP contribution in [0.2, 0.25) is 0 Å². The van der Waals surface area contributed by atoms with Gasteiger partial charge in [0.2, 0.25) is 5.91 Å². The Labute approximate surface area is 184 Å². The Morgan fingerprint density at radius 3 is 2.09 bits per heavy atom. The van der Waals surface area contributed by atoms with Gasteiger partial charge in [0.25, 0.3) is 10.0 Å². The zero-order valence-electron chi connectivity index (χ0n) is 17.3. The van der Waals surface area contributed by atoms with Crippen LogP contribution in [0.15, 0.2) is 39.9 Å². The highest BCUT2D eigenvalue weighted by molar-refractivity contribution is 7.92. The number of sulfonamides is 1. The second-order valence-electron chi connectivity index (χ2n) is 7.00. The number of nitrogens with one attached hydrogen (secondary N) is 3. The zero-order chi connectivity index (χ0) is 25.1. The van der Waals surface area contributed by atoms with Crippen LogP contribution >= 0.6 is 0 Å². The highest BCUT2D eigenvalue weighted by Gasteiger charge is 2.72. The van der Waals surface area contributed by atoms with E-state index in [0.29, 0.717) is 24.1 Å². The van der Waals surface area contributed by atoms with E-state index in [4.69, 9.17) is 0 Å². The first-order valence-electron chi connectivity index (χ1n) is 9.39. The van der Waals surface area contributed by atoms with Gasteiger partial charge in [0, 0.05) is 17.7 Å². The molecule has 0 unspecified atom stereocenters. The third-order valence-electron chi connectivity index (χ3n) is 4.41. The van der Waals surface area contributed by atoms with Crippen LogP contribution < -0.4 is 15.4 Å². The summed E-state index contributed by atoms with van der Waals surface area (Å²) in [6.07, 6.45) is -10.9. The van der Waals surface area contributed by atoms with E-state index in [1.807, 2.05) is 0 Å². The summed E-state index contributed by atoms with van der Waals surface area (Å²) in [5, 5.41) is 5.74. The van der Waals surface area contributed by atoms with Crippen LogP contribution in [0.3, 0.4) is 0 Å². The van der Waals surface area contributed by atoms with Crippen molar-refractivity contribution < 1.29 is 44.1 Å². The van der Waals surface area contributed by atoms with Crippen LogP contribution in [0, 0.1) is 6.92 Å². The molecule has 1 heterocycles. The number of carbonyl (C=O) groups excluding carboxylic acids is 1. The number of benzene rings is 1. The van der Waals surface area contributed by atoms with E-state index in [9.17, 15) is 39.6 Å². The summed E-state index contributed by atoms with van der Waals surface area (Å²) in [7, 11) is -4.27. The van der Waals surface area contributed by atoms with Crippen molar-refractivity contribution >= 4 is 27.4 Å². The van der Waals surface area contributed by atoms with Gasteiger partial charge in [-0.3, -0.25) is 9.52 Å². The Bertz CT molecular complexity index is 1050. The summed E-state index contributed by atoms with van der Waals surface area (Å²) in [4.78, 5) is 11.3. The fourth-order valence-electron chi connectivity index (χ4n) is 2.59. The van der Waals surface area contributed by atoms with Gasteiger partial charge in [-0.25, -0.2) is 8.42 Å². The average Bonchev–Trinajstić information content (AvgIpc) is 3.08. The monoisotopic (exact) mass is 502 g/mol. The molecule has 8 nitrogen and oxygen atoms in total. The number of alkyl halides is 6. The molecule has 15 heteroatoms. The normalized spacial score (nSPS) is 13.0. The molecule has 3 N–H and O–H groups in total. The average molecular weight is 502 g/mol. The SMILES string of the molecule is CCCCC(=O)NC(Nc1ccc(S(=O)(=O)Nc2nocc2C)cc1)(C(F)(F)F)C(F)(F)F. The number of unbranched alkanes of at least 4 members (excludes halogenated alkanes) is 1. The number of carbonyl (C=O) groups is 1. The summed E-state index contributed by atoms with van der Waals surface area (Å²) in [5.74, 6) is -1.59. The first-order chi connectivity index (χ1) is 15.1. The molecule has 1 amide bonds. The largest absolute Gasteiger partial charge is 0.439 e. The summed E-state index contributed by atoms with van der Waals surface area (Å²) < 4.78 is 113. The number of halogens is 6. The second-order valence-corrected chi connectivity index (χ2v) is 8.68. The number of rotatable bonds is 9. The van der Waals surface area contributed by atoms with Crippen molar-refractivity contribution in [1.29, 1.82) is 0 Å².